The van der Waals surface area contributed by atoms with Crippen LogP contribution in [-0.2, 0) is 9.84 Å². The number of nitro benzene ring substituents is 1. The molecule has 0 bridgehead atoms. The molecule has 0 aromatic heterocycles. The lowest BCUT2D eigenvalue weighted by Gasteiger charge is -2.36. The van der Waals surface area contributed by atoms with Crippen molar-refractivity contribution >= 4 is 21.2 Å². The number of nitrogens with zero attached hydrogens (tertiary/aromatic N) is 3. The second-order valence-corrected chi connectivity index (χ2v) is 8.71. The minimum Gasteiger partial charge on any atom is -0.363 e. The van der Waals surface area contributed by atoms with Gasteiger partial charge in [-0.2, -0.15) is 0 Å². The van der Waals surface area contributed by atoms with Gasteiger partial charge in [-0.1, -0.05) is 13.8 Å². The Labute approximate surface area is 143 Å². The van der Waals surface area contributed by atoms with Crippen molar-refractivity contribution in [2.75, 3.05) is 43.9 Å². The van der Waals surface area contributed by atoms with Gasteiger partial charge in [-0.3, -0.25) is 15.0 Å². The van der Waals surface area contributed by atoms with E-state index < -0.39 is 14.8 Å². The van der Waals surface area contributed by atoms with Gasteiger partial charge in [0.05, 0.1) is 9.82 Å². The van der Waals surface area contributed by atoms with Crippen LogP contribution in [0, 0.1) is 16.0 Å². The van der Waals surface area contributed by atoms with Crippen LogP contribution in [0.2, 0.25) is 0 Å². The molecule has 0 N–H and O–H groups in total. The summed E-state index contributed by atoms with van der Waals surface area (Å²) in [6.45, 7) is 8.57. The van der Waals surface area contributed by atoms with E-state index in [1.807, 2.05) is 4.90 Å². The van der Waals surface area contributed by atoms with E-state index in [0.29, 0.717) is 24.7 Å². The molecule has 0 amide bonds. The van der Waals surface area contributed by atoms with Crippen LogP contribution in [0.1, 0.15) is 20.3 Å². The molecule has 2 rings (SSSR count). The second kappa shape index (κ2) is 7.48. The zero-order valence-electron chi connectivity index (χ0n) is 14.4. The average Bonchev–Trinajstić information content (AvgIpc) is 2.52. The maximum absolute atomic E-state index is 11.6. The topological polar surface area (TPSA) is 83.8 Å². The fourth-order valence-corrected chi connectivity index (χ4v) is 3.44. The first-order valence-corrected chi connectivity index (χ1v) is 10.0. The van der Waals surface area contributed by atoms with Gasteiger partial charge < -0.3 is 4.90 Å². The van der Waals surface area contributed by atoms with Gasteiger partial charge in [0.1, 0.15) is 5.69 Å². The zero-order chi connectivity index (χ0) is 17.9. The van der Waals surface area contributed by atoms with E-state index in [1.54, 1.807) is 6.07 Å². The first-order valence-electron chi connectivity index (χ1n) is 8.14. The molecule has 1 fully saturated rings. The minimum atomic E-state index is -3.46. The Morgan fingerprint density at radius 1 is 1.21 bits per heavy atom. The molecule has 0 unspecified atom stereocenters. The summed E-state index contributed by atoms with van der Waals surface area (Å²) >= 11 is 0. The van der Waals surface area contributed by atoms with Crippen LogP contribution in [0.25, 0.3) is 0 Å². The summed E-state index contributed by atoms with van der Waals surface area (Å²) in [5.74, 6) is 0.660. The average molecular weight is 355 g/mol. The number of hydrogen-bond acceptors (Lipinski definition) is 6. The Kier molecular flexibility index (Phi) is 5.82. The Bertz CT molecular complexity index is 695. The van der Waals surface area contributed by atoms with Gasteiger partial charge in [0.15, 0.2) is 9.84 Å². The normalized spacial score (nSPS) is 16.6. The molecule has 8 heteroatoms. The van der Waals surface area contributed by atoms with Crippen molar-refractivity contribution in [1.29, 1.82) is 0 Å². The number of anilines is 1. The highest BCUT2D eigenvalue weighted by molar-refractivity contribution is 7.90. The number of nitro groups is 1. The fraction of sp³-hybridized carbons (Fsp3) is 0.625. The summed E-state index contributed by atoms with van der Waals surface area (Å²) in [4.78, 5) is 15.2. The van der Waals surface area contributed by atoms with E-state index in [0.717, 1.165) is 38.4 Å². The van der Waals surface area contributed by atoms with E-state index in [2.05, 4.69) is 18.7 Å². The van der Waals surface area contributed by atoms with Crippen molar-refractivity contribution in [2.45, 2.75) is 25.2 Å². The molecule has 24 heavy (non-hydrogen) atoms. The van der Waals surface area contributed by atoms with Crippen LogP contribution in [0.15, 0.2) is 23.1 Å². The third-order valence-electron chi connectivity index (χ3n) is 4.31. The maximum Gasteiger partial charge on any atom is 0.293 e. The fourth-order valence-electron chi connectivity index (χ4n) is 2.80. The molecule has 0 atom stereocenters. The molecule has 0 spiro atoms. The van der Waals surface area contributed by atoms with Crippen molar-refractivity contribution in [3.8, 4) is 0 Å². The molecular weight excluding hydrogens is 330 g/mol. The summed E-state index contributed by atoms with van der Waals surface area (Å²) in [5, 5.41) is 11.4. The van der Waals surface area contributed by atoms with Crippen molar-refractivity contribution in [1.82, 2.24) is 4.90 Å². The largest absolute Gasteiger partial charge is 0.363 e. The molecular formula is C16H25N3O4S. The SMILES string of the molecule is CC(C)CCN1CCN(c2ccc(S(C)(=O)=O)cc2[N+](=O)[O-])CC1. The van der Waals surface area contributed by atoms with Crippen molar-refractivity contribution in [3.05, 3.63) is 28.3 Å². The quantitative estimate of drug-likeness (QED) is 0.574. The molecule has 0 aliphatic carbocycles. The first kappa shape index (κ1) is 18.7. The van der Waals surface area contributed by atoms with Crippen molar-refractivity contribution in [3.63, 3.8) is 0 Å². The third kappa shape index (κ3) is 4.67. The van der Waals surface area contributed by atoms with E-state index in [9.17, 15) is 18.5 Å². The monoisotopic (exact) mass is 355 g/mol. The minimum absolute atomic E-state index is 0.0199. The molecule has 0 saturated carbocycles. The van der Waals surface area contributed by atoms with Crippen LogP contribution in [0.4, 0.5) is 11.4 Å². The second-order valence-electron chi connectivity index (χ2n) is 6.69. The van der Waals surface area contributed by atoms with Gasteiger partial charge in [0.25, 0.3) is 5.69 Å². The Balaban J connectivity index is 2.14. The zero-order valence-corrected chi connectivity index (χ0v) is 15.3. The molecule has 1 aliphatic heterocycles. The number of sulfone groups is 1. The van der Waals surface area contributed by atoms with Crippen LogP contribution in [0.3, 0.4) is 0 Å². The van der Waals surface area contributed by atoms with Gasteiger partial charge >= 0.3 is 0 Å². The molecule has 1 aliphatic rings. The van der Waals surface area contributed by atoms with E-state index in [4.69, 9.17) is 0 Å². The predicted octanol–water partition coefficient (Wildman–Crippen LogP) is 2.17. The molecule has 0 radical (unpaired) electrons. The molecule has 1 heterocycles. The highest BCUT2D eigenvalue weighted by Gasteiger charge is 2.25. The lowest BCUT2D eigenvalue weighted by atomic mass is 10.1. The van der Waals surface area contributed by atoms with Crippen LogP contribution in [0.5, 0.6) is 0 Å². The lowest BCUT2D eigenvalue weighted by molar-refractivity contribution is -0.384. The highest BCUT2D eigenvalue weighted by atomic mass is 32.2. The summed E-state index contributed by atoms with van der Waals surface area (Å²) in [6.07, 6.45) is 2.20. The Hall–Kier alpha value is -1.67. The summed E-state index contributed by atoms with van der Waals surface area (Å²) in [6, 6.07) is 4.16. The van der Waals surface area contributed by atoms with E-state index in [-0.39, 0.29) is 10.6 Å². The van der Waals surface area contributed by atoms with Crippen LogP contribution in [-0.4, -0.2) is 57.2 Å². The van der Waals surface area contributed by atoms with Gasteiger partial charge in [0, 0.05) is 38.5 Å². The van der Waals surface area contributed by atoms with Gasteiger partial charge in [0.2, 0.25) is 0 Å². The van der Waals surface area contributed by atoms with E-state index in [1.165, 1.54) is 6.07 Å². The molecule has 134 valence electrons. The van der Waals surface area contributed by atoms with Crippen molar-refractivity contribution in [2.24, 2.45) is 5.92 Å². The van der Waals surface area contributed by atoms with Crippen LogP contribution < -0.4 is 4.90 Å². The third-order valence-corrected chi connectivity index (χ3v) is 5.42. The highest BCUT2D eigenvalue weighted by Crippen LogP contribution is 2.31. The Morgan fingerprint density at radius 3 is 2.33 bits per heavy atom. The molecule has 7 nitrogen and oxygen atoms in total. The summed E-state index contributed by atoms with van der Waals surface area (Å²) in [5.41, 5.74) is 0.351. The number of piperazine rings is 1. The summed E-state index contributed by atoms with van der Waals surface area (Å²) in [7, 11) is -3.46. The van der Waals surface area contributed by atoms with Gasteiger partial charge in [-0.05, 0) is 31.0 Å². The standard InChI is InChI=1S/C16H25N3O4S/c1-13(2)6-7-17-8-10-18(11-9-17)15-5-4-14(24(3,22)23)12-16(15)19(20)21/h4-5,12-13H,6-11H2,1-3H3. The van der Waals surface area contributed by atoms with Gasteiger partial charge in [-0.25, -0.2) is 8.42 Å². The summed E-state index contributed by atoms with van der Waals surface area (Å²) < 4.78 is 23.2. The Morgan fingerprint density at radius 2 is 1.83 bits per heavy atom. The maximum atomic E-state index is 11.6. The lowest BCUT2D eigenvalue weighted by Crippen LogP contribution is -2.47. The van der Waals surface area contributed by atoms with Crippen molar-refractivity contribution < 1.29 is 13.3 Å². The van der Waals surface area contributed by atoms with E-state index >= 15 is 0 Å². The van der Waals surface area contributed by atoms with Crippen LogP contribution >= 0.6 is 0 Å². The molecule has 1 aromatic carbocycles. The first-order chi connectivity index (χ1) is 11.2. The number of rotatable bonds is 6. The molecule has 1 aromatic rings. The molecule has 1 saturated heterocycles. The smallest absolute Gasteiger partial charge is 0.293 e. The predicted molar refractivity (Wildman–Crippen MR) is 94.3 cm³/mol. The number of hydrogen-bond donors (Lipinski definition) is 0. The number of benzene rings is 1. The van der Waals surface area contributed by atoms with Gasteiger partial charge in [-0.15, -0.1) is 0 Å².